The van der Waals surface area contributed by atoms with E-state index in [-0.39, 0.29) is 5.92 Å². The van der Waals surface area contributed by atoms with Gasteiger partial charge in [0.2, 0.25) is 0 Å². The molecule has 112 valence electrons. The first-order chi connectivity index (χ1) is 10.1. The van der Waals surface area contributed by atoms with E-state index in [0.29, 0.717) is 6.54 Å². The fourth-order valence-electron chi connectivity index (χ4n) is 2.76. The second kappa shape index (κ2) is 7.39. The summed E-state index contributed by atoms with van der Waals surface area (Å²) in [4.78, 5) is 0. The molecule has 0 aliphatic carbocycles. The van der Waals surface area contributed by atoms with Crippen molar-refractivity contribution in [3.05, 3.63) is 70.8 Å². The van der Waals surface area contributed by atoms with Crippen molar-refractivity contribution in [3.63, 3.8) is 0 Å². The molecule has 2 rings (SSSR count). The van der Waals surface area contributed by atoms with E-state index in [2.05, 4.69) is 50.2 Å². The Kier molecular flexibility index (Phi) is 5.54. The largest absolute Gasteiger partial charge is 0.392 e. The van der Waals surface area contributed by atoms with Crippen LogP contribution in [0, 0.1) is 13.8 Å². The summed E-state index contributed by atoms with van der Waals surface area (Å²) in [5, 5.41) is 10.5. The van der Waals surface area contributed by atoms with E-state index in [1.807, 2.05) is 12.1 Å². The lowest BCUT2D eigenvalue weighted by molar-refractivity contribution is 0.136. The molecule has 0 saturated carbocycles. The van der Waals surface area contributed by atoms with Crippen molar-refractivity contribution >= 4 is 0 Å². The number of rotatable bonds is 6. The minimum atomic E-state index is -0.405. The standard InChI is InChI=1S/C19H25NO/c1-14-7-9-16(10-8-14)11-12-19(21)18(13-20)17-6-4-3-5-15(17)2/h3-10,18-19,21H,11-13,20H2,1-2H3. The Morgan fingerprint density at radius 3 is 2.29 bits per heavy atom. The molecule has 2 atom stereocenters. The van der Waals surface area contributed by atoms with Crippen molar-refractivity contribution in [2.75, 3.05) is 6.54 Å². The Morgan fingerprint density at radius 1 is 1.00 bits per heavy atom. The average molecular weight is 283 g/mol. The normalized spacial score (nSPS) is 13.9. The average Bonchev–Trinajstić information content (AvgIpc) is 2.49. The summed E-state index contributed by atoms with van der Waals surface area (Å²) in [6.45, 7) is 4.63. The van der Waals surface area contributed by atoms with E-state index >= 15 is 0 Å². The molecule has 0 spiro atoms. The van der Waals surface area contributed by atoms with Gasteiger partial charge >= 0.3 is 0 Å². The van der Waals surface area contributed by atoms with Gasteiger partial charge in [-0.2, -0.15) is 0 Å². The molecule has 0 aliphatic heterocycles. The van der Waals surface area contributed by atoms with Crippen LogP contribution in [0.5, 0.6) is 0 Å². The molecule has 2 nitrogen and oxygen atoms in total. The smallest absolute Gasteiger partial charge is 0.0624 e. The van der Waals surface area contributed by atoms with Crippen molar-refractivity contribution in [2.24, 2.45) is 5.73 Å². The maximum absolute atomic E-state index is 10.5. The third-order valence-electron chi connectivity index (χ3n) is 4.16. The van der Waals surface area contributed by atoms with Gasteiger partial charge in [-0.25, -0.2) is 0 Å². The molecule has 2 aromatic rings. The second-order valence-electron chi connectivity index (χ2n) is 5.79. The monoisotopic (exact) mass is 283 g/mol. The number of nitrogens with two attached hydrogens (primary N) is 1. The highest BCUT2D eigenvalue weighted by molar-refractivity contribution is 5.30. The molecule has 0 radical (unpaired) electrons. The van der Waals surface area contributed by atoms with Crippen LogP contribution in [0.15, 0.2) is 48.5 Å². The van der Waals surface area contributed by atoms with Crippen LogP contribution in [0.2, 0.25) is 0 Å². The maximum atomic E-state index is 10.5. The lowest BCUT2D eigenvalue weighted by Gasteiger charge is -2.23. The highest BCUT2D eigenvalue weighted by Crippen LogP contribution is 2.24. The van der Waals surface area contributed by atoms with E-state index in [1.165, 1.54) is 16.7 Å². The number of benzene rings is 2. The van der Waals surface area contributed by atoms with Gasteiger partial charge in [-0.3, -0.25) is 0 Å². The van der Waals surface area contributed by atoms with Gasteiger partial charge in [-0.15, -0.1) is 0 Å². The molecular formula is C19H25NO. The van der Waals surface area contributed by atoms with Crippen LogP contribution < -0.4 is 5.73 Å². The molecular weight excluding hydrogens is 258 g/mol. The Labute approximate surface area is 127 Å². The van der Waals surface area contributed by atoms with Crippen LogP contribution >= 0.6 is 0 Å². The molecule has 0 heterocycles. The summed E-state index contributed by atoms with van der Waals surface area (Å²) >= 11 is 0. The first-order valence-electron chi connectivity index (χ1n) is 7.61. The summed E-state index contributed by atoms with van der Waals surface area (Å²) < 4.78 is 0. The van der Waals surface area contributed by atoms with Gasteiger partial charge in [-0.1, -0.05) is 54.1 Å². The minimum Gasteiger partial charge on any atom is -0.392 e. The molecule has 2 heteroatoms. The Morgan fingerprint density at radius 2 is 1.67 bits per heavy atom. The number of aliphatic hydroxyl groups is 1. The van der Waals surface area contributed by atoms with E-state index < -0.39 is 6.10 Å². The lowest BCUT2D eigenvalue weighted by atomic mass is 9.87. The van der Waals surface area contributed by atoms with Gasteiger partial charge < -0.3 is 10.8 Å². The van der Waals surface area contributed by atoms with Gasteiger partial charge in [0, 0.05) is 12.5 Å². The summed E-state index contributed by atoms with van der Waals surface area (Å²) in [7, 11) is 0. The third-order valence-corrected chi connectivity index (χ3v) is 4.16. The zero-order valence-electron chi connectivity index (χ0n) is 12.9. The molecule has 0 aliphatic rings. The molecule has 0 saturated heterocycles. The van der Waals surface area contributed by atoms with Crippen LogP contribution in [0.4, 0.5) is 0 Å². The highest BCUT2D eigenvalue weighted by atomic mass is 16.3. The number of hydrogen-bond acceptors (Lipinski definition) is 2. The van der Waals surface area contributed by atoms with Crippen molar-refractivity contribution in [1.29, 1.82) is 0 Å². The van der Waals surface area contributed by atoms with Gasteiger partial charge in [0.1, 0.15) is 0 Å². The van der Waals surface area contributed by atoms with Crippen LogP contribution in [0.3, 0.4) is 0 Å². The Hall–Kier alpha value is -1.64. The van der Waals surface area contributed by atoms with Gasteiger partial charge in [0.25, 0.3) is 0 Å². The molecule has 2 aromatic carbocycles. The second-order valence-corrected chi connectivity index (χ2v) is 5.79. The van der Waals surface area contributed by atoms with Gasteiger partial charge in [0.05, 0.1) is 6.10 Å². The summed E-state index contributed by atoms with van der Waals surface area (Å²) in [5.74, 6) is 0.0108. The number of hydrogen-bond donors (Lipinski definition) is 2. The fourth-order valence-corrected chi connectivity index (χ4v) is 2.76. The highest BCUT2D eigenvalue weighted by Gasteiger charge is 2.20. The van der Waals surface area contributed by atoms with E-state index in [9.17, 15) is 5.11 Å². The molecule has 3 N–H and O–H groups in total. The zero-order valence-corrected chi connectivity index (χ0v) is 12.9. The predicted molar refractivity (Wildman–Crippen MR) is 88.5 cm³/mol. The summed E-state index contributed by atoms with van der Waals surface area (Å²) in [5.41, 5.74) is 10.8. The van der Waals surface area contributed by atoms with Gasteiger partial charge in [-0.05, 0) is 43.4 Å². The fraction of sp³-hybridized carbons (Fsp3) is 0.368. The van der Waals surface area contributed by atoms with E-state index in [4.69, 9.17) is 5.73 Å². The molecule has 2 unspecified atom stereocenters. The van der Waals surface area contributed by atoms with Crippen molar-refractivity contribution in [1.82, 2.24) is 0 Å². The van der Waals surface area contributed by atoms with Gasteiger partial charge in [0.15, 0.2) is 0 Å². The van der Waals surface area contributed by atoms with Crippen LogP contribution in [0.25, 0.3) is 0 Å². The molecule has 21 heavy (non-hydrogen) atoms. The quantitative estimate of drug-likeness (QED) is 0.854. The predicted octanol–water partition coefficient (Wildman–Crippen LogP) is 3.34. The minimum absolute atomic E-state index is 0.0108. The molecule has 0 fully saturated rings. The molecule has 0 bridgehead atoms. The third kappa shape index (κ3) is 4.16. The topological polar surface area (TPSA) is 46.2 Å². The first-order valence-corrected chi connectivity index (χ1v) is 7.61. The first kappa shape index (κ1) is 15.7. The summed E-state index contributed by atoms with van der Waals surface area (Å²) in [6.07, 6.45) is 1.21. The van der Waals surface area contributed by atoms with Crippen molar-refractivity contribution < 1.29 is 5.11 Å². The number of aliphatic hydroxyl groups excluding tert-OH is 1. The zero-order chi connectivity index (χ0) is 15.2. The number of aryl methyl sites for hydroxylation is 3. The molecule has 0 aromatic heterocycles. The Balaban J connectivity index is 2.02. The molecule has 0 amide bonds. The van der Waals surface area contributed by atoms with E-state index in [1.54, 1.807) is 0 Å². The van der Waals surface area contributed by atoms with Crippen LogP contribution in [0.1, 0.15) is 34.6 Å². The van der Waals surface area contributed by atoms with E-state index in [0.717, 1.165) is 18.4 Å². The lowest BCUT2D eigenvalue weighted by Crippen LogP contribution is -2.27. The SMILES string of the molecule is Cc1ccc(CCC(O)C(CN)c2ccccc2C)cc1. The van der Waals surface area contributed by atoms with Crippen molar-refractivity contribution in [2.45, 2.75) is 38.7 Å². The maximum Gasteiger partial charge on any atom is 0.0624 e. The van der Waals surface area contributed by atoms with Crippen molar-refractivity contribution in [3.8, 4) is 0 Å². The summed E-state index contributed by atoms with van der Waals surface area (Å²) in [6, 6.07) is 16.7. The van der Waals surface area contributed by atoms with Crippen LogP contribution in [-0.4, -0.2) is 17.8 Å². The Bertz CT molecular complexity index is 562. The van der Waals surface area contributed by atoms with Crippen LogP contribution in [-0.2, 0) is 6.42 Å².